The van der Waals surface area contributed by atoms with Gasteiger partial charge in [0, 0.05) is 13.6 Å². The summed E-state index contributed by atoms with van der Waals surface area (Å²) in [5.41, 5.74) is 8.44. The third kappa shape index (κ3) is 2.81. The van der Waals surface area contributed by atoms with Gasteiger partial charge in [0.25, 0.3) is 0 Å². The first-order chi connectivity index (χ1) is 9.19. The van der Waals surface area contributed by atoms with Crippen LogP contribution in [-0.2, 0) is 11.2 Å². The van der Waals surface area contributed by atoms with E-state index in [-0.39, 0.29) is 17.9 Å². The molecule has 1 aliphatic rings. The Balaban J connectivity index is 2.12. The monoisotopic (exact) mass is 260 g/mol. The van der Waals surface area contributed by atoms with Gasteiger partial charge in [0.1, 0.15) is 0 Å². The molecule has 1 aliphatic carbocycles. The minimum absolute atomic E-state index is 0.0252. The Hall–Kier alpha value is -1.35. The largest absolute Gasteiger partial charge is 0.338 e. The number of carbonyl (C=O) groups excluding carboxylic acids is 1. The lowest BCUT2D eigenvalue weighted by atomic mass is 10.00. The van der Waals surface area contributed by atoms with Crippen molar-refractivity contribution in [1.82, 2.24) is 4.90 Å². The Morgan fingerprint density at radius 3 is 2.89 bits per heavy atom. The van der Waals surface area contributed by atoms with Crippen molar-refractivity contribution in [2.24, 2.45) is 11.7 Å². The molecule has 104 valence electrons. The maximum Gasteiger partial charge on any atom is 0.227 e. The molecule has 0 spiro atoms. The summed E-state index contributed by atoms with van der Waals surface area (Å²) in [6.07, 6.45) is 3.99. The summed E-state index contributed by atoms with van der Waals surface area (Å²) in [7, 11) is 1.92. The quantitative estimate of drug-likeness (QED) is 0.884. The van der Waals surface area contributed by atoms with Crippen LogP contribution in [0.1, 0.15) is 43.4 Å². The average Bonchev–Trinajstić information content (AvgIpc) is 2.87. The van der Waals surface area contributed by atoms with Gasteiger partial charge in [-0.15, -0.1) is 0 Å². The third-order valence-corrected chi connectivity index (χ3v) is 4.19. The Bertz CT molecular complexity index is 444. The van der Waals surface area contributed by atoms with E-state index in [0.29, 0.717) is 6.54 Å². The zero-order chi connectivity index (χ0) is 13.8. The van der Waals surface area contributed by atoms with E-state index < -0.39 is 0 Å². The summed E-state index contributed by atoms with van der Waals surface area (Å²) in [5, 5.41) is 0. The highest BCUT2D eigenvalue weighted by Gasteiger charge is 2.30. The second kappa shape index (κ2) is 6.20. The zero-order valence-electron chi connectivity index (χ0n) is 11.9. The highest BCUT2D eigenvalue weighted by molar-refractivity contribution is 5.79. The number of nitrogens with zero attached hydrogens (tertiary/aromatic N) is 1. The van der Waals surface area contributed by atoms with Crippen molar-refractivity contribution in [2.75, 3.05) is 13.6 Å². The number of benzene rings is 1. The molecule has 2 rings (SSSR count). The first kappa shape index (κ1) is 14.1. The van der Waals surface area contributed by atoms with E-state index >= 15 is 0 Å². The number of hydrogen-bond donors (Lipinski definition) is 1. The molecule has 2 unspecified atom stereocenters. The minimum atomic E-state index is -0.0252. The molecule has 1 aromatic rings. The fourth-order valence-electron chi connectivity index (χ4n) is 3.07. The molecule has 2 N–H and O–H groups in total. The molecule has 3 nitrogen and oxygen atoms in total. The lowest BCUT2D eigenvalue weighted by molar-refractivity contribution is -0.136. The minimum Gasteiger partial charge on any atom is -0.338 e. The summed E-state index contributed by atoms with van der Waals surface area (Å²) < 4.78 is 0. The van der Waals surface area contributed by atoms with E-state index in [1.165, 1.54) is 11.1 Å². The molecule has 1 amide bonds. The maximum absolute atomic E-state index is 12.5. The van der Waals surface area contributed by atoms with Crippen LogP contribution in [0.5, 0.6) is 0 Å². The standard InChI is InChI=1S/C16H24N2O/c1-3-6-13(11-17)16(19)18(2)15-10-9-12-7-4-5-8-14(12)15/h4-5,7-8,13,15H,3,6,9-11,17H2,1-2H3. The molecule has 0 saturated heterocycles. The molecule has 0 radical (unpaired) electrons. The number of amides is 1. The number of carbonyl (C=O) groups is 1. The molecule has 19 heavy (non-hydrogen) atoms. The molecule has 0 saturated carbocycles. The molecule has 0 fully saturated rings. The number of aryl methyl sites for hydroxylation is 1. The fourth-order valence-corrected chi connectivity index (χ4v) is 3.07. The van der Waals surface area contributed by atoms with Gasteiger partial charge in [0.2, 0.25) is 5.91 Å². The van der Waals surface area contributed by atoms with Gasteiger partial charge in [0.05, 0.1) is 12.0 Å². The van der Waals surface area contributed by atoms with Gasteiger partial charge in [-0.1, -0.05) is 37.6 Å². The van der Waals surface area contributed by atoms with Crippen LogP contribution in [0, 0.1) is 5.92 Å². The summed E-state index contributed by atoms with van der Waals surface area (Å²) in [6.45, 7) is 2.55. The molecule has 1 aromatic carbocycles. The normalized spacial score (nSPS) is 19.0. The van der Waals surface area contributed by atoms with Crippen LogP contribution in [0.3, 0.4) is 0 Å². The molecule has 0 bridgehead atoms. The van der Waals surface area contributed by atoms with Crippen LogP contribution in [0.15, 0.2) is 24.3 Å². The van der Waals surface area contributed by atoms with Crippen LogP contribution in [0.2, 0.25) is 0 Å². The third-order valence-electron chi connectivity index (χ3n) is 4.19. The summed E-state index contributed by atoms with van der Waals surface area (Å²) in [4.78, 5) is 14.4. The highest BCUT2D eigenvalue weighted by atomic mass is 16.2. The lowest BCUT2D eigenvalue weighted by Gasteiger charge is -2.29. The summed E-state index contributed by atoms with van der Waals surface area (Å²) >= 11 is 0. The van der Waals surface area contributed by atoms with Crippen molar-refractivity contribution in [3.05, 3.63) is 35.4 Å². The topological polar surface area (TPSA) is 46.3 Å². The lowest BCUT2D eigenvalue weighted by Crippen LogP contribution is -2.38. The molecule has 0 aromatic heterocycles. The van der Waals surface area contributed by atoms with Crippen LogP contribution in [0.4, 0.5) is 0 Å². The predicted molar refractivity (Wildman–Crippen MR) is 77.7 cm³/mol. The van der Waals surface area contributed by atoms with E-state index in [4.69, 9.17) is 5.73 Å². The van der Waals surface area contributed by atoms with E-state index in [1.807, 2.05) is 11.9 Å². The van der Waals surface area contributed by atoms with Gasteiger partial charge in [0.15, 0.2) is 0 Å². The molecular formula is C16H24N2O. The SMILES string of the molecule is CCCC(CN)C(=O)N(C)C1CCc2ccccc21. The number of fused-ring (bicyclic) bond motifs is 1. The van der Waals surface area contributed by atoms with E-state index in [0.717, 1.165) is 25.7 Å². The van der Waals surface area contributed by atoms with Gasteiger partial charge in [-0.25, -0.2) is 0 Å². The average molecular weight is 260 g/mol. The van der Waals surface area contributed by atoms with Gasteiger partial charge < -0.3 is 10.6 Å². The van der Waals surface area contributed by atoms with Gasteiger partial charge >= 0.3 is 0 Å². The van der Waals surface area contributed by atoms with Crippen molar-refractivity contribution in [2.45, 2.75) is 38.6 Å². The van der Waals surface area contributed by atoms with Crippen LogP contribution in [0.25, 0.3) is 0 Å². The number of rotatable bonds is 5. The van der Waals surface area contributed by atoms with Crippen LogP contribution >= 0.6 is 0 Å². The Labute approximate surface area is 115 Å². The van der Waals surface area contributed by atoms with Crippen LogP contribution < -0.4 is 5.73 Å². The second-order valence-electron chi connectivity index (χ2n) is 5.42. The fraction of sp³-hybridized carbons (Fsp3) is 0.562. The van der Waals surface area contributed by atoms with E-state index in [2.05, 4.69) is 31.2 Å². The van der Waals surface area contributed by atoms with Crippen molar-refractivity contribution in [1.29, 1.82) is 0 Å². The summed E-state index contributed by atoms with van der Waals surface area (Å²) in [5.74, 6) is 0.175. The molecule has 3 heteroatoms. The molecule has 2 atom stereocenters. The van der Waals surface area contributed by atoms with Gasteiger partial charge in [-0.3, -0.25) is 4.79 Å². The first-order valence-corrected chi connectivity index (χ1v) is 7.23. The van der Waals surface area contributed by atoms with Crippen molar-refractivity contribution < 1.29 is 4.79 Å². The van der Waals surface area contributed by atoms with Crippen LogP contribution in [-0.4, -0.2) is 24.4 Å². The van der Waals surface area contributed by atoms with E-state index in [1.54, 1.807) is 0 Å². The summed E-state index contributed by atoms with van der Waals surface area (Å²) in [6, 6.07) is 8.67. The number of nitrogens with two attached hydrogens (primary N) is 1. The zero-order valence-corrected chi connectivity index (χ0v) is 11.9. The predicted octanol–water partition coefficient (Wildman–Crippen LogP) is 2.51. The van der Waals surface area contributed by atoms with Crippen molar-refractivity contribution in [3.63, 3.8) is 0 Å². The van der Waals surface area contributed by atoms with Gasteiger partial charge in [-0.05, 0) is 30.4 Å². The highest BCUT2D eigenvalue weighted by Crippen LogP contribution is 2.35. The Morgan fingerprint density at radius 1 is 1.47 bits per heavy atom. The molecule has 0 heterocycles. The molecular weight excluding hydrogens is 236 g/mol. The first-order valence-electron chi connectivity index (χ1n) is 7.23. The van der Waals surface area contributed by atoms with Crippen molar-refractivity contribution >= 4 is 5.91 Å². The Kier molecular flexibility index (Phi) is 4.59. The Morgan fingerprint density at radius 2 is 2.21 bits per heavy atom. The smallest absolute Gasteiger partial charge is 0.227 e. The van der Waals surface area contributed by atoms with E-state index in [9.17, 15) is 4.79 Å². The second-order valence-corrected chi connectivity index (χ2v) is 5.42. The molecule has 0 aliphatic heterocycles. The maximum atomic E-state index is 12.5. The number of hydrogen-bond acceptors (Lipinski definition) is 2. The van der Waals surface area contributed by atoms with Gasteiger partial charge in [-0.2, -0.15) is 0 Å². The van der Waals surface area contributed by atoms with Crippen molar-refractivity contribution in [3.8, 4) is 0 Å².